The van der Waals surface area contributed by atoms with Crippen LogP contribution in [0.1, 0.15) is 45.8 Å². The van der Waals surface area contributed by atoms with Crippen LogP contribution in [0.25, 0.3) is 0 Å². The van der Waals surface area contributed by atoms with Gasteiger partial charge in [-0.2, -0.15) is 4.72 Å². The summed E-state index contributed by atoms with van der Waals surface area (Å²) in [4.78, 5) is 25.3. The van der Waals surface area contributed by atoms with E-state index in [0.29, 0.717) is 16.0 Å². The predicted molar refractivity (Wildman–Crippen MR) is 114 cm³/mol. The second kappa shape index (κ2) is 9.06. The Kier molecular flexibility index (Phi) is 7.20. The molecular formula is C20H27N3O4S2. The highest BCUT2D eigenvalue weighted by Gasteiger charge is 2.31. The molecule has 3 N–H and O–H groups in total. The first-order chi connectivity index (χ1) is 13.5. The molecule has 0 radical (unpaired) electrons. The van der Waals surface area contributed by atoms with Gasteiger partial charge in [-0.1, -0.05) is 26.0 Å². The maximum Gasteiger partial charge on any atom is 0.279 e. The van der Waals surface area contributed by atoms with Gasteiger partial charge in [-0.25, -0.2) is 8.42 Å². The molecule has 0 spiro atoms. The lowest BCUT2D eigenvalue weighted by Crippen LogP contribution is -2.54. The molecule has 2 aromatic rings. The fraction of sp³-hybridized carbons (Fsp3) is 0.400. The number of sulfonamides is 1. The van der Waals surface area contributed by atoms with E-state index in [4.69, 9.17) is 0 Å². The molecule has 1 aromatic heterocycles. The first-order valence-corrected chi connectivity index (χ1v) is 11.6. The number of rotatable bonds is 6. The Morgan fingerprint density at radius 1 is 1.00 bits per heavy atom. The Hall–Kier alpha value is -2.23. The smallest absolute Gasteiger partial charge is 0.271 e. The summed E-state index contributed by atoms with van der Waals surface area (Å²) in [6.45, 7) is 10.7. The normalized spacial score (nSPS) is 12.7. The monoisotopic (exact) mass is 437 g/mol. The molecule has 7 nitrogen and oxygen atoms in total. The van der Waals surface area contributed by atoms with Gasteiger partial charge in [0.1, 0.15) is 6.04 Å². The lowest BCUT2D eigenvalue weighted by atomic mass is 10.0. The van der Waals surface area contributed by atoms with Crippen LogP contribution in [0, 0.1) is 33.6 Å². The van der Waals surface area contributed by atoms with Crippen molar-refractivity contribution in [1.82, 2.24) is 15.6 Å². The fourth-order valence-corrected chi connectivity index (χ4v) is 5.55. The third kappa shape index (κ3) is 5.23. The second-order valence-corrected chi connectivity index (χ2v) is 9.95. The molecule has 2 rings (SSSR count). The van der Waals surface area contributed by atoms with Gasteiger partial charge in [-0.3, -0.25) is 20.4 Å². The molecule has 0 aliphatic rings. The van der Waals surface area contributed by atoms with E-state index in [0.717, 1.165) is 11.1 Å². The van der Waals surface area contributed by atoms with Crippen molar-refractivity contribution in [2.45, 2.75) is 52.5 Å². The fourth-order valence-electron chi connectivity index (χ4n) is 2.97. The van der Waals surface area contributed by atoms with Crippen molar-refractivity contribution in [3.05, 3.63) is 50.7 Å². The Balaban J connectivity index is 2.24. The van der Waals surface area contributed by atoms with E-state index in [1.165, 1.54) is 11.3 Å². The zero-order valence-electron chi connectivity index (χ0n) is 17.4. The number of benzene rings is 1. The molecule has 0 aliphatic carbocycles. The molecule has 29 heavy (non-hydrogen) atoms. The van der Waals surface area contributed by atoms with Crippen LogP contribution in [0.5, 0.6) is 0 Å². The minimum absolute atomic E-state index is 0.191. The van der Waals surface area contributed by atoms with Crippen molar-refractivity contribution in [3.8, 4) is 0 Å². The van der Waals surface area contributed by atoms with E-state index in [2.05, 4.69) is 15.6 Å². The van der Waals surface area contributed by atoms with Gasteiger partial charge in [0.2, 0.25) is 10.0 Å². The van der Waals surface area contributed by atoms with Gasteiger partial charge in [-0.05, 0) is 67.3 Å². The Labute approximate surface area is 175 Å². The summed E-state index contributed by atoms with van der Waals surface area (Å²) in [6.07, 6.45) is 0. The summed E-state index contributed by atoms with van der Waals surface area (Å²) in [7, 11) is -3.96. The highest BCUT2D eigenvalue weighted by Crippen LogP contribution is 2.26. The summed E-state index contributed by atoms with van der Waals surface area (Å²) >= 11 is 1.24. The van der Waals surface area contributed by atoms with Gasteiger partial charge in [0.15, 0.2) is 0 Å². The maximum atomic E-state index is 13.1. The Bertz CT molecular complexity index is 987. The molecule has 1 unspecified atom stereocenters. The number of hydrogen-bond acceptors (Lipinski definition) is 5. The van der Waals surface area contributed by atoms with Gasteiger partial charge < -0.3 is 0 Å². The molecule has 0 bridgehead atoms. The lowest BCUT2D eigenvalue weighted by molar-refractivity contribution is -0.124. The quantitative estimate of drug-likeness (QED) is 0.605. The van der Waals surface area contributed by atoms with Crippen LogP contribution in [-0.4, -0.2) is 26.3 Å². The van der Waals surface area contributed by atoms with Crippen LogP contribution in [0.2, 0.25) is 0 Å². The number of aryl methyl sites for hydroxylation is 2. The highest BCUT2D eigenvalue weighted by molar-refractivity contribution is 7.89. The molecule has 0 aliphatic heterocycles. The van der Waals surface area contributed by atoms with Gasteiger partial charge in [0.25, 0.3) is 11.8 Å². The predicted octanol–water partition coefficient (Wildman–Crippen LogP) is 2.75. The summed E-state index contributed by atoms with van der Waals surface area (Å²) in [5, 5.41) is 1.75. The average Bonchev–Trinajstić information content (AvgIpc) is 3.17. The number of hydrazine groups is 1. The molecule has 1 atom stereocenters. The van der Waals surface area contributed by atoms with E-state index in [-0.39, 0.29) is 10.8 Å². The Morgan fingerprint density at radius 2 is 1.59 bits per heavy atom. The minimum atomic E-state index is -3.96. The second-order valence-electron chi connectivity index (χ2n) is 7.35. The van der Waals surface area contributed by atoms with Crippen LogP contribution in [-0.2, 0) is 14.8 Å². The molecule has 9 heteroatoms. The van der Waals surface area contributed by atoms with Gasteiger partial charge in [0, 0.05) is 0 Å². The van der Waals surface area contributed by atoms with E-state index in [1.54, 1.807) is 45.2 Å². The average molecular weight is 438 g/mol. The van der Waals surface area contributed by atoms with Crippen molar-refractivity contribution in [2.24, 2.45) is 5.92 Å². The van der Waals surface area contributed by atoms with Gasteiger partial charge >= 0.3 is 0 Å². The standard InChI is InChI=1S/C20H27N3O4S2/c1-11(2)17(20(25)22-21-19(24)16-8-7-9-28-16)23-29(26,27)18-14(5)12(3)10-13(4)15(18)6/h7-11,17,23H,1-6H3,(H,21,24)(H,22,25). The zero-order chi connectivity index (χ0) is 21.9. The van der Waals surface area contributed by atoms with Crippen molar-refractivity contribution in [1.29, 1.82) is 0 Å². The molecule has 0 saturated carbocycles. The minimum Gasteiger partial charge on any atom is -0.271 e. The largest absolute Gasteiger partial charge is 0.279 e. The van der Waals surface area contributed by atoms with Crippen LogP contribution in [0.15, 0.2) is 28.5 Å². The molecule has 0 saturated heterocycles. The first kappa shape index (κ1) is 23.1. The summed E-state index contributed by atoms with van der Waals surface area (Å²) in [5.41, 5.74) is 7.67. The zero-order valence-corrected chi connectivity index (χ0v) is 19.0. The number of carbonyl (C=O) groups is 2. The SMILES string of the molecule is Cc1cc(C)c(C)c(S(=O)(=O)NC(C(=O)NNC(=O)c2cccs2)C(C)C)c1C. The van der Waals surface area contributed by atoms with E-state index >= 15 is 0 Å². The molecular weight excluding hydrogens is 410 g/mol. The highest BCUT2D eigenvalue weighted by atomic mass is 32.2. The third-order valence-corrected chi connectivity index (χ3v) is 7.42. The Morgan fingerprint density at radius 3 is 2.07 bits per heavy atom. The number of amides is 2. The molecule has 1 aromatic carbocycles. The van der Waals surface area contributed by atoms with E-state index in [1.807, 2.05) is 19.9 Å². The van der Waals surface area contributed by atoms with Crippen LogP contribution >= 0.6 is 11.3 Å². The number of thiophene rings is 1. The van der Waals surface area contributed by atoms with Crippen LogP contribution in [0.3, 0.4) is 0 Å². The number of carbonyl (C=O) groups excluding carboxylic acids is 2. The molecule has 158 valence electrons. The lowest BCUT2D eigenvalue weighted by Gasteiger charge is -2.23. The summed E-state index contributed by atoms with van der Waals surface area (Å²) < 4.78 is 28.8. The van der Waals surface area contributed by atoms with Crippen molar-refractivity contribution in [2.75, 3.05) is 0 Å². The summed E-state index contributed by atoms with van der Waals surface area (Å²) in [5.74, 6) is -1.43. The summed E-state index contributed by atoms with van der Waals surface area (Å²) in [6, 6.07) is 4.24. The van der Waals surface area contributed by atoms with Gasteiger partial charge in [-0.15, -0.1) is 11.3 Å². The molecule has 0 fully saturated rings. The van der Waals surface area contributed by atoms with E-state index < -0.39 is 27.9 Å². The van der Waals surface area contributed by atoms with Crippen LogP contribution < -0.4 is 15.6 Å². The van der Waals surface area contributed by atoms with E-state index in [9.17, 15) is 18.0 Å². The van der Waals surface area contributed by atoms with Gasteiger partial charge in [0.05, 0.1) is 9.77 Å². The van der Waals surface area contributed by atoms with Crippen LogP contribution in [0.4, 0.5) is 0 Å². The molecule has 1 heterocycles. The maximum absolute atomic E-state index is 13.1. The van der Waals surface area contributed by atoms with Crippen molar-refractivity contribution in [3.63, 3.8) is 0 Å². The van der Waals surface area contributed by atoms with Crippen molar-refractivity contribution < 1.29 is 18.0 Å². The topological polar surface area (TPSA) is 104 Å². The molecule has 2 amide bonds. The number of nitrogens with one attached hydrogen (secondary N) is 3. The number of hydrogen-bond donors (Lipinski definition) is 3. The first-order valence-electron chi connectivity index (χ1n) is 9.19. The third-order valence-electron chi connectivity index (χ3n) is 4.84. The van der Waals surface area contributed by atoms with Crippen molar-refractivity contribution >= 4 is 33.2 Å².